The fourth-order valence-electron chi connectivity index (χ4n) is 2.26. The summed E-state index contributed by atoms with van der Waals surface area (Å²) in [5.41, 5.74) is -0.191. The Morgan fingerprint density at radius 1 is 1.41 bits per heavy atom. The molecule has 0 bridgehead atoms. The van der Waals surface area contributed by atoms with E-state index in [1.54, 1.807) is 0 Å². The average molecular weight is 299 g/mol. The third kappa shape index (κ3) is 3.03. The molecule has 0 radical (unpaired) electrons. The summed E-state index contributed by atoms with van der Waals surface area (Å²) >= 11 is 3.12. The maximum absolute atomic E-state index is 12.0. The van der Waals surface area contributed by atoms with Gasteiger partial charge in [0.2, 0.25) is 0 Å². The summed E-state index contributed by atoms with van der Waals surface area (Å²) in [6.45, 7) is 0.149. The molecule has 1 saturated carbocycles. The highest BCUT2D eigenvalue weighted by atomic mass is 79.9. The van der Waals surface area contributed by atoms with Crippen LogP contribution in [0.3, 0.4) is 0 Å². The van der Waals surface area contributed by atoms with Crippen LogP contribution in [0.2, 0.25) is 0 Å². The highest BCUT2D eigenvalue weighted by Crippen LogP contribution is 2.24. The third-order valence-electron chi connectivity index (χ3n) is 3.25. The van der Waals surface area contributed by atoms with Gasteiger partial charge in [0, 0.05) is 12.1 Å². The van der Waals surface area contributed by atoms with Crippen LogP contribution in [0.4, 0.5) is 0 Å². The number of carbonyl (C=O) groups is 1. The fourth-order valence-corrected chi connectivity index (χ4v) is 2.60. The number of hydrogen-bond acceptors (Lipinski definition) is 3. The molecule has 0 amide bonds. The highest BCUT2D eigenvalue weighted by Gasteiger charge is 2.21. The van der Waals surface area contributed by atoms with Gasteiger partial charge < -0.3 is 0 Å². The Kier molecular flexibility index (Phi) is 4.10. The van der Waals surface area contributed by atoms with Crippen LogP contribution in [0.15, 0.2) is 21.8 Å². The number of ketones is 1. The third-order valence-corrected chi connectivity index (χ3v) is 3.79. The van der Waals surface area contributed by atoms with Crippen molar-refractivity contribution < 1.29 is 4.79 Å². The zero-order valence-electron chi connectivity index (χ0n) is 9.56. The van der Waals surface area contributed by atoms with Crippen LogP contribution in [0.25, 0.3) is 0 Å². The van der Waals surface area contributed by atoms with E-state index in [1.165, 1.54) is 23.5 Å². The molecule has 1 heterocycles. The second kappa shape index (κ2) is 5.58. The van der Waals surface area contributed by atoms with Gasteiger partial charge in [-0.25, -0.2) is 4.98 Å². The van der Waals surface area contributed by atoms with Crippen molar-refractivity contribution >= 4 is 21.7 Å². The molecule has 1 aromatic rings. The van der Waals surface area contributed by atoms with E-state index in [2.05, 4.69) is 20.9 Å². The molecule has 0 aliphatic heterocycles. The standard InChI is InChI=1S/C12H15BrN2O2/c13-10-6-14-8-15(12(10)17)7-11(16)9-4-2-1-3-5-9/h6,8-9H,1-5,7H2. The van der Waals surface area contributed by atoms with Crippen LogP contribution in [0, 0.1) is 5.92 Å². The first-order chi connectivity index (χ1) is 8.18. The van der Waals surface area contributed by atoms with Crippen molar-refractivity contribution in [3.8, 4) is 0 Å². The molecule has 1 aliphatic rings. The molecular formula is C12H15BrN2O2. The van der Waals surface area contributed by atoms with Gasteiger partial charge in [0.15, 0.2) is 5.78 Å². The van der Waals surface area contributed by atoms with E-state index in [-0.39, 0.29) is 23.8 Å². The largest absolute Gasteiger partial charge is 0.297 e. The SMILES string of the molecule is O=C(Cn1cncc(Br)c1=O)C1CCCCC1. The summed E-state index contributed by atoms with van der Waals surface area (Å²) < 4.78 is 1.78. The van der Waals surface area contributed by atoms with Gasteiger partial charge in [0.1, 0.15) is 4.47 Å². The van der Waals surface area contributed by atoms with Crippen LogP contribution in [-0.4, -0.2) is 15.3 Å². The summed E-state index contributed by atoms with van der Waals surface area (Å²) in [5, 5.41) is 0. The van der Waals surface area contributed by atoms with E-state index in [0.29, 0.717) is 4.47 Å². The van der Waals surface area contributed by atoms with Crippen molar-refractivity contribution in [1.29, 1.82) is 0 Å². The normalized spacial score (nSPS) is 17.0. The quantitative estimate of drug-likeness (QED) is 0.859. The van der Waals surface area contributed by atoms with Gasteiger partial charge >= 0.3 is 0 Å². The van der Waals surface area contributed by atoms with Crippen LogP contribution >= 0.6 is 15.9 Å². The fraction of sp³-hybridized carbons (Fsp3) is 0.583. The van der Waals surface area contributed by atoms with Gasteiger partial charge in [-0.2, -0.15) is 0 Å². The van der Waals surface area contributed by atoms with Crippen LogP contribution in [0.5, 0.6) is 0 Å². The lowest BCUT2D eigenvalue weighted by Gasteiger charge is -2.20. The lowest BCUT2D eigenvalue weighted by Crippen LogP contribution is -2.29. The molecule has 0 aromatic carbocycles. The van der Waals surface area contributed by atoms with E-state index < -0.39 is 0 Å². The van der Waals surface area contributed by atoms with Crippen molar-refractivity contribution in [2.75, 3.05) is 0 Å². The minimum absolute atomic E-state index is 0.134. The molecular weight excluding hydrogens is 284 g/mol. The summed E-state index contributed by atoms with van der Waals surface area (Å²) in [6.07, 6.45) is 8.29. The van der Waals surface area contributed by atoms with Crippen LogP contribution < -0.4 is 5.56 Å². The average Bonchev–Trinajstić information content (AvgIpc) is 2.36. The molecule has 0 saturated heterocycles. The minimum atomic E-state index is -0.191. The van der Waals surface area contributed by atoms with E-state index in [4.69, 9.17) is 0 Å². The smallest absolute Gasteiger partial charge is 0.268 e. The van der Waals surface area contributed by atoms with E-state index in [9.17, 15) is 9.59 Å². The van der Waals surface area contributed by atoms with Gasteiger partial charge in [0.05, 0.1) is 12.9 Å². The first-order valence-corrected chi connectivity index (χ1v) is 6.70. The van der Waals surface area contributed by atoms with Gasteiger partial charge in [-0.05, 0) is 28.8 Å². The molecule has 4 nitrogen and oxygen atoms in total. The van der Waals surface area contributed by atoms with Gasteiger partial charge in [-0.15, -0.1) is 0 Å². The first kappa shape index (κ1) is 12.5. The molecule has 2 rings (SSSR count). The monoisotopic (exact) mass is 298 g/mol. The second-order valence-corrected chi connectivity index (χ2v) is 5.33. The molecule has 92 valence electrons. The second-order valence-electron chi connectivity index (χ2n) is 4.48. The number of aromatic nitrogens is 2. The first-order valence-electron chi connectivity index (χ1n) is 5.91. The van der Waals surface area contributed by atoms with Crippen molar-refractivity contribution in [2.45, 2.75) is 38.6 Å². The van der Waals surface area contributed by atoms with E-state index >= 15 is 0 Å². The van der Waals surface area contributed by atoms with Crippen molar-refractivity contribution in [2.24, 2.45) is 5.92 Å². The number of hydrogen-bond donors (Lipinski definition) is 0. The summed E-state index contributed by atoms with van der Waals surface area (Å²) in [7, 11) is 0. The van der Waals surface area contributed by atoms with Crippen molar-refractivity contribution in [3.63, 3.8) is 0 Å². The topological polar surface area (TPSA) is 52.0 Å². The molecule has 1 fully saturated rings. The number of halogens is 1. The Bertz CT molecular complexity index is 464. The molecule has 0 unspecified atom stereocenters. The number of Topliss-reactive ketones (excluding diaryl/α,β-unsaturated/α-hetero) is 1. The van der Waals surface area contributed by atoms with Crippen LogP contribution in [0.1, 0.15) is 32.1 Å². The Balaban J connectivity index is 2.07. The van der Waals surface area contributed by atoms with Gasteiger partial charge in [0.25, 0.3) is 5.56 Å². The summed E-state index contributed by atoms with van der Waals surface area (Å²) in [4.78, 5) is 27.6. The Morgan fingerprint density at radius 3 is 2.82 bits per heavy atom. The molecule has 1 aromatic heterocycles. The number of nitrogens with zero attached hydrogens (tertiary/aromatic N) is 2. The van der Waals surface area contributed by atoms with Crippen LogP contribution in [-0.2, 0) is 11.3 Å². The molecule has 1 aliphatic carbocycles. The Hall–Kier alpha value is -0.970. The molecule has 17 heavy (non-hydrogen) atoms. The maximum atomic E-state index is 12.0. The lowest BCUT2D eigenvalue weighted by atomic mass is 9.86. The maximum Gasteiger partial charge on any atom is 0.268 e. The number of rotatable bonds is 3. The number of carbonyl (C=O) groups excluding carboxylic acids is 1. The predicted octanol–water partition coefficient (Wildman–Crippen LogP) is 2.16. The minimum Gasteiger partial charge on any atom is -0.297 e. The van der Waals surface area contributed by atoms with E-state index in [0.717, 1.165) is 25.7 Å². The molecule has 0 N–H and O–H groups in total. The molecule has 0 atom stereocenters. The van der Waals surface area contributed by atoms with Crippen molar-refractivity contribution in [1.82, 2.24) is 9.55 Å². The molecule has 5 heteroatoms. The Morgan fingerprint density at radius 2 is 2.12 bits per heavy atom. The zero-order chi connectivity index (χ0) is 12.3. The molecule has 0 spiro atoms. The summed E-state index contributed by atoms with van der Waals surface area (Å²) in [5.74, 6) is 0.293. The lowest BCUT2D eigenvalue weighted by molar-refractivity contribution is -0.124. The zero-order valence-corrected chi connectivity index (χ0v) is 11.1. The van der Waals surface area contributed by atoms with Gasteiger partial charge in [-0.1, -0.05) is 19.3 Å². The van der Waals surface area contributed by atoms with Crippen molar-refractivity contribution in [3.05, 3.63) is 27.4 Å². The van der Waals surface area contributed by atoms with Gasteiger partial charge in [-0.3, -0.25) is 14.2 Å². The predicted molar refractivity (Wildman–Crippen MR) is 67.8 cm³/mol. The van der Waals surface area contributed by atoms with E-state index in [1.807, 2.05) is 0 Å². The Labute approximate surface area is 108 Å². The summed E-state index contributed by atoms with van der Waals surface area (Å²) in [6, 6.07) is 0. The highest BCUT2D eigenvalue weighted by molar-refractivity contribution is 9.10.